The van der Waals surface area contributed by atoms with E-state index in [0.29, 0.717) is 5.39 Å². The zero-order valence-corrected chi connectivity index (χ0v) is 14.1. The summed E-state index contributed by atoms with van der Waals surface area (Å²) < 4.78 is 42.5. The fraction of sp³-hybridized carbons (Fsp3) is 0.333. The second-order valence-corrected chi connectivity index (χ2v) is 9.35. The van der Waals surface area contributed by atoms with E-state index < -0.39 is 23.9 Å². The number of hydrogen-bond donors (Lipinski definition) is 1. The molecule has 6 nitrogen and oxygen atoms in total. The Bertz CT molecular complexity index is 786. The summed E-state index contributed by atoms with van der Waals surface area (Å²) in [6.07, 6.45) is -0.574. The van der Waals surface area contributed by atoms with E-state index in [1.165, 1.54) is 7.05 Å². The summed E-state index contributed by atoms with van der Waals surface area (Å²) in [5.74, 6) is 0. The SMILES string of the molecule is CCOP(=O)(O)CN(C)S(=O)(=O)c1scc2ccccc12. The van der Waals surface area contributed by atoms with Crippen LogP contribution in [0.4, 0.5) is 0 Å². The lowest BCUT2D eigenvalue weighted by atomic mass is 10.2. The Kier molecular flexibility index (Phi) is 4.87. The van der Waals surface area contributed by atoms with Gasteiger partial charge in [0, 0.05) is 12.4 Å². The van der Waals surface area contributed by atoms with E-state index in [0.717, 1.165) is 21.0 Å². The van der Waals surface area contributed by atoms with E-state index in [1.807, 2.05) is 12.1 Å². The molecule has 0 saturated carbocycles. The van der Waals surface area contributed by atoms with Crippen LogP contribution in [0, 0.1) is 0 Å². The van der Waals surface area contributed by atoms with Gasteiger partial charge in [0.15, 0.2) is 0 Å². The Morgan fingerprint density at radius 2 is 2.05 bits per heavy atom. The summed E-state index contributed by atoms with van der Waals surface area (Å²) in [4.78, 5) is 9.59. The van der Waals surface area contributed by atoms with E-state index in [2.05, 4.69) is 0 Å². The molecule has 0 aliphatic rings. The molecule has 0 aliphatic carbocycles. The summed E-state index contributed by atoms with van der Waals surface area (Å²) in [6, 6.07) is 7.12. The largest absolute Gasteiger partial charge is 0.343 e. The van der Waals surface area contributed by atoms with Gasteiger partial charge < -0.3 is 9.42 Å². The molecule has 0 aliphatic heterocycles. The van der Waals surface area contributed by atoms with Crippen molar-refractivity contribution in [1.82, 2.24) is 4.31 Å². The highest BCUT2D eigenvalue weighted by atomic mass is 32.2. The fourth-order valence-electron chi connectivity index (χ4n) is 1.88. The van der Waals surface area contributed by atoms with Gasteiger partial charge in [0.25, 0.3) is 10.0 Å². The van der Waals surface area contributed by atoms with Crippen molar-refractivity contribution < 1.29 is 22.4 Å². The minimum atomic E-state index is -3.96. The number of hydrogen-bond acceptors (Lipinski definition) is 5. The van der Waals surface area contributed by atoms with Gasteiger partial charge in [-0.3, -0.25) is 4.57 Å². The van der Waals surface area contributed by atoms with Crippen molar-refractivity contribution in [2.75, 3.05) is 19.9 Å². The molecule has 2 aromatic rings. The lowest BCUT2D eigenvalue weighted by Gasteiger charge is -2.19. The van der Waals surface area contributed by atoms with Gasteiger partial charge in [-0.2, -0.15) is 4.31 Å². The molecular weight excluding hydrogens is 333 g/mol. The molecule has 21 heavy (non-hydrogen) atoms. The Hall–Kier alpha value is -0.760. The van der Waals surface area contributed by atoms with Gasteiger partial charge in [-0.25, -0.2) is 8.42 Å². The highest BCUT2D eigenvalue weighted by Crippen LogP contribution is 2.43. The van der Waals surface area contributed by atoms with Crippen LogP contribution in [-0.2, 0) is 19.1 Å². The normalized spacial score (nSPS) is 15.4. The smallest absolute Gasteiger partial charge is 0.323 e. The van der Waals surface area contributed by atoms with E-state index in [4.69, 9.17) is 4.52 Å². The number of thiophene rings is 1. The number of rotatable bonds is 6. The van der Waals surface area contributed by atoms with Gasteiger partial charge in [0.1, 0.15) is 10.5 Å². The van der Waals surface area contributed by atoms with Crippen LogP contribution in [0.5, 0.6) is 0 Å². The third-order valence-corrected chi connectivity index (χ3v) is 7.83. The topological polar surface area (TPSA) is 83.9 Å². The zero-order valence-electron chi connectivity index (χ0n) is 11.6. The molecule has 1 atom stereocenters. The second kappa shape index (κ2) is 6.16. The van der Waals surface area contributed by atoms with E-state index in [-0.39, 0.29) is 10.8 Å². The molecule has 1 N–H and O–H groups in total. The number of benzene rings is 1. The van der Waals surface area contributed by atoms with Crippen LogP contribution >= 0.6 is 18.9 Å². The summed E-state index contributed by atoms with van der Waals surface area (Å²) >= 11 is 1.10. The third kappa shape index (κ3) is 3.53. The third-order valence-electron chi connectivity index (χ3n) is 2.83. The molecule has 0 bridgehead atoms. The van der Waals surface area contributed by atoms with Gasteiger partial charge in [0.05, 0.1) is 6.61 Å². The maximum atomic E-state index is 12.5. The van der Waals surface area contributed by atoms with Gasteiger partial charge in [0.2, 0.25) is 0 Å². The monoisotopic (exact) mass is 349 g/mol. The first-order valence-electron chi connectivity index (χ1n) is 6.17. The number of nitrogens with zero attached hydrogens (tertiary/aromatic N) is 1. The number of fused-ring (bicyclic) bond motifs is 1. The minimum absolute atomic E-state index is 0.0452. The lowest BCUT2D eigenvalue weighted by Crippen LogP contribution is -2.28. The first kappa shape index (κ1) is 16.6. The molecular formula is C12H16NO5PS2. The molecule has 0 spiro atoms. The molecule has 116 valence electrons. The van der Waals surface area contributed by atoms with Gasteiger partial charge in [-0.05, 0) is 17.7 Å². The summed E-state index contributed by atoms with van der Waals surface area (Å²) in [7, 11) is -6.52. The van der Waals surface area contributed by atoms with Crippen LogP contribution in [0.2, 0.25) is 0 Å². The average Bonchev–Trinajstić information content (AvgIpc) is 2.82. The highest BCUT2D eigenvalue weighted by molar-refractivity contribution is 7.91. The standard InChI is InChI=1S/C12H16NO5PS2/c1-3-18-19(14,15)9-13(2)21(16,17)12-11-7-5-4-6-10(11)8-20-12/h4-8H,3,9H2,1-2H3,(H,14,15). The van der Waals surface area contributed by atoms with Crippen LogP contribution in [0.1, 0.15) is 6.92 Å². The molecule has 0 amide bonds. The fourth-order valence-corrected chi connectivity index (χ4v) is 6.42. The second-order valence-electron chi connectivity index (χ2n) is 4.41. The zero-order chi connectivity index (χ0) is 15.7. The van der Waals surface area contributed by atoms with Gasteiger partial charge >= 0.3 is 7.60 Å². The molecule has 2 rings (SSSR count). The lowest BCUT2D eigenvalue weighted by molar-refractivity contribution is 0.264. The van der Waals surface area contributed by atoms with Crippen LogP contribution in [0.3, 0.4) is 0 Å². The molecule has 9 heteroatoms. The Morgan fingerprint density at radius 3 is 2.71 bits per heavy atom. The summed E-state index contributed by atoms with van der Waals surface area (Å²) in [5.41, 5.74) is 0. The van der Waals surface area contributed by atoms with Gasteiger partial charge in [-0.15, -0.1) is 11.3 Å². The first-order valence-corrected chi connectivity index (χ1v) is 10.2. The average molecular weight is 349 g/mol. The minimum Gasteiger partial charge on any atom is -0.323 e. The van der Waals surface area contributed by atoms with Crippen molar-refractivity contribution in [3.05, 3.63) is 29.6 Å². The van der Waals surface area contributed by atoms with Crippen LogP contribution < -0.4 is 0 Å². The van der Waals surface area contributed by atoms with E-state index >= 15 is 0 Å². The highest BCUT2D eigenvalue weighted by Gasteiger charge is 2.31. The molecule has 1 unspecified atom stereocenters. The van der Waals surface area contributed by atoms with Crippen molar-refractivity contribution in [1.29, 1.82) is 0 Å². The van der Waals surface area contributed by atoms with Crippen molar-refractivity contribution in [2.45, 2.75) is 11.1 Å². The van der Waals surface area contributed by atoms with E-state index in [1.54, 1.807) is 24.4 Å². The summed E-state index contributed by atoms with van der Waals surface area (Å²) in [5, 5.41) is 3.18. The predicted octanol–water partition coefficient (Wildman–Crippen LogP) is 2.70. The Balaban J connectivity index is 2.36. The van der Waals surface area contributed by atoms with Crippen molar-refractivity contribution in [3.8, 4) is 0 Å². The molecule has 0 saturated heterocycles. The van der Waals surface area contributed by atoms with Crippen LogP contribution in [0.25, 0.3) is 10.8 Å². The molecule has 0 fully saturated rings. The molecule has 1 aromatic heterocycles. The van der Waals surface area contributed by atoms with Crippen molar-refractivity contribution in [2.24, 2.45) is 0 Å². The Morgan fingerprint density at radius 1 is 1.38 bits per heavy atom. The van der Waals surface area contributed by atoms with E-state index in [9.17, 15) is 17.9 Å². The summed E-state index contributed by atoms with van der Waals surface area (Å²) in [6.45, 7) is 1.62. The first-order chi connectivity index (χ1) is 9.78. The van der Waals surface area contributed by atoms with Crippen molar-refractivity contribution in [3.63, 3.8) is 0 Å². The maximum absolute atomic E-state index is 12.5. The Labute approximate surface area is 127 Å². The number of sulfonamides is 1. The van der Waals surface area contributed by atoms with Crippen LogP contribution in [0.15, 0.2) is 33.9 Å². The van der Waals surface area contributed by atoms with Crippen molar-refractivity contribution >= 4 is 39.7 Å². The van der Waals surface area contributed by atoms with Gasteiger partial charge in [-0.1, -0.05) is 24.3 Å². The van der Waals surface area contributed by atoms with Crippen LogP contribution in [-0.4, -0.2) is 37.6 Å². The molecule has 1 aromatic carbocycles. The predicted molar refractivity (Wildman–Crippen MR) is 83.1 cm³/mol. The quantitative estimate of drug-likeness (QED) is 0.811. The molecule has 1 heterocycles. The molecule has 0 radical (unpaired) electrons. The maximum Gasteiger partial charge on any atom is 0.343 e.